The van der Waals surface area contributed by atoms with E-state index in [1.165, 1.54) is 11.8 Å². The molecule has 2 unspecified atom stereocenters. The first-order valence-corrected chi connectivity index (χ1v) is 8.05. The third kappa shape index (κ3) is 5.33. The van der Waals surface area contributed by atoms with Crippen molar-refractivity contribution in [2.45, 2.75) is 23.1 Å². The molecule has 0 saturated carbocycles. The van der Waals surface area contributed by atoms with Gasteiger partial charge in [-0.15, -0.1) is 11.8 Å². The van der Waals surface area contributed by atoms with Crippen LogP contribution in [0.2, 0.25) is 0 Å². The van der Waals surface area contributed by atoms with Crippen molar-refractivity contribution >= 4 is 29.4 Å². The molecular weight excluding hydrogens is 266 g/mol. The highest BCUT2D eigenvalue weighted by Gasteiger charge is 2.17. The van der Waals surface area contributed by atoms with Gasteiger partial charge in [0.05, 0.1) is 12.4 Å². The second-order valence-corrected chi connectivity index (χ2v) is 6.04. The van der Waals surface area contributed by atoms with Crippen LogP contribution in [-0.4, -0.2) is 40.9 Å². The monoisotopic (exact) mass is 285 g/mol. The Bertz CT molecular complexity index is 355. The van der Waals surface area contributed by atoms with Crippen LogP contribution in [0.25, 0.3) is 0 Å². The molecule has 2 atom stereocenters. The standard InChI is InChI=1S/C13H19NO2S2/c1-10(12(8-15)17-2)14-13(16)9-18-11-6-4-3-5-7-11/h3-7,10,12,15H,8-9H2,1-2H3,(H,14,16). The van der Waals surface area contributed by atoms with E-state index in [9.17, 15) is 4.79 Å². The molecule has 0 heterocycles. The van der Waals surface area contributed by atoms with E-state index in [-0.39, 0.29) is 23.8 Å². The maximum atomic E-state index is 11.7. The number of thioether (sulfide) groups is 2. The number of nitrogens with one attached hydrogen (secondary N) is 1. The van der Waals surface area contributed by atoms with E-state index in [0.717, 1.165) is 4.90 Å². The van der Waals surface area contributed by atoms with E-state index >= 15 is 0 Å². The maximum absolute atomic E-state index is 11.7. The molecule has 0 bridgehead atoms. The van der Waals surface area contributed by atoms with Gasteiger partial charge in [-0.05, 0) is 25.3 Å². The van der Waals surface area contributed by atoms with E-state index in [2.05, 4.69) is 5.32 Å². The van der Waals surface area contributed by atoms with E-state index < -0.39 is 0 Å². The molecule has 5 heteroatoms. The van der Waals surface area contributed by atoms with Gasteiger partial charge in [0.15, 0.2) is 0 Å². The number of hydrogen-bond acceptors (Lipinski definition) is 4. The largest absolute Gasteiger partial charge is 0.395 e. The number of rotatable bonds is 7. The lowest BCUT2D eigenvalue weighted by Gasteiger charge is -2.21. The van der Waals surface area contributed by atoms with E-state index in [4.69, 9.17) is 5.11 Å². The Kier molecular flexibility index (Phi) is 7.23. The zero-order chi connectivity index (χ0) is 13.4. The van der Waals surface area contributed by atoms with Crippen LogP contribution in [0, 0.1) is 0 Å². The van der Waals surface area contributed by atoms with Crippen molar-refractivity contribution in [3.05, 3.63) is 30.3 Å². The number of aliphatic hydroxyl groups excluding tert-OH is 1. The summed E-state index contributed by atoms with van der Waals surface area (Å²) in [6, 6.07) is 9.82. The van der Waals surface area contributed by atoms with E-state index in [1.54, 1.807) is 11.8 Å². The second-order valence-electron chi connectivity index (χ2n) is 3.91. The van der Waals surface area contributed by atoms with Crippen LogP contribution in [0.1, 0.15) is 6.92 Å². The summed E-state index contributed by atoms with van der Waals surface area (Å²) < 4.78 is 0. The molecule has 0 aliphatic heterocycles. The van der Waals surface area contributed by atoms with Crippen LogP contribution in [0.15, 0.2) is 35.2 Å². The van der Waals surface area contributed by atoms with Crippen molar-refractivity contribution in [2.75, 3.05) is 18.6 Å². The summed E-state index contributed by atoms with van der Waals surface area (Å²) in [4.78, 5) is 12.8. The van der Waals surface area contributed by atoms with Gasteiger partial charge in [-0.1, -0.05) is 18.2 Å². The van der Waals surface area contributed by atoms with Gasteiger partial charge in [0, 0.05) is 16.2 Å². The lowest BCUT2D eigenvalue weighted by atomic mass is 10.2. The molecule has 3 nitrogen and oxygen atoms in total. The van der Waals surface area contributed by atoms with Gasteiger partial charge in [0.1, 0.15) is 0 Å². The number of carbonyl (C=O) groups is 1. The molecule has 0 aliphatic rings. The molecule has 100 valence electrons. The van der Waals surface area contributed by atoms with Gasteiger partial charge < -0.3 is 10.4 Å². The molecule has 1 aromatic carbocycles. The highest BCUT2D eigenvalue weighted by Crippen LogP contribution is 2.17. The topological polar surface area (TPSA) is 49.3 Å². The van der Waals surface area contributed by atoms with E-state index in [0.29, 0.717) is 5.75 Å². The SMILES string of the molecule is CSC(CO)C(C)NC(=O)CSc1ccccc1. The normalized spacial score (nSPS) is 13.9. The predicted molar refractivity (Wildman–Crippen MR) is 79.2 cm³/mol. The van der Waals surface area contributed by atoms with Crippen molar-refractivity contribution in [3.8, 4) is 0 Å². The van der Waals surface area contributed by atoms with Crippen LogP contribution < -0.4 is 5.32 Å². The summed E-state index contributed by atoms with van der Waals surface area (Å²) in [6.07, 6.45) is 1.93. The zero-order valence-electron chi connectivity index (χ0n) is 10.6. The molecule has 0 aromatic heterocycles. The number of hydrogen-bond donors (Lipinski definition) is 2. The fourth-order valence-corrected chi connectivity index (χ4v) is 2.85. The molecule has 0 spiro atoms. The zero-order valence-corrected chi connectivity index (χ0v) is 12.3. The summed E-state index contributed by atoms with van der Waals surface area (Å²) in [5.74, 6) is 0.407. The number of aliphatic hydroxyl groups is 1. The fourth-order valence-electron chi connectivity index (χ4n) is 1.49. The Labute approximate surface area is 117 Å². The van der Waals surface area contributed by atoms with Crippen molar-refractivity contribution in [1.82, 2.24) is 5.32 Å². The van der Waals surface area contributed by atoms with Crippen molar-refractivity contribution in [3.63, 3.8) is 0 Å². The van der Waals surface area contributed by atoms with Gasteiger partial charge in [-0.25, -0.2) is 0 Å². The fraction of sp³-hybridized carbons (Fsp3) is 0.462. The van der Waals surface area contributed by atoms with Gasteiger partial charge in [-0.2, -0.15) is 11.8 Å². The number of benzene rings is 1. The third-order valence-electron chi connectivity index (χ3n) is 2.54. The van der Waals surface area contributed by atoms with Gasteiger partial charge in [0.25, 0.3) is 0 Å². The Morgan fingerprint density at radius 3 is 2.61 bits per heavy atom. The molecule has 0 aliphatic carbocycles. The summed E-state index contributed by atoms with van der Waals surface area (Å²) in [6.45, 7) is 2.00. The molecular formula is C13H19NO2S2. The van der Waals surface area contributed by atoms with Gasteiger partial charge >= 0.3 is 0 Å². The minimum Gasteiger partial charge on any atom is -0.395 e. The average Bonchev–Trinajstić information content (AvgIpc) is 2.39. The summed E-state index contributed by atoms with van der Waals surface area (Å²) >= 11 is 3.08. The number of carbonyl (C=O) groups excluding carboxylic acids is 1. The third-order valence-corrected chi connectivity index (χ3v) is 4.72. The van der Waals surface area contributed by atoms with Crippen molar-refractivity contribution < 1.29 is 9.90 Å². The Balaban J connectivity index is 2.33. The first-order chi connectivity index (χ1) is 8.67. The van der Waals surface area contributed by atoms with E-state index in [1.807, 2.05) is 43.5 Å². The minimum atomic E-state index is -0.0196. The predicted octanol–water partition coefficient (Wildman–Crippen LogP) is 2.01. The highest BCUT2D eigenvalue weighted by molar-refractivity contribution is 8.00. The Hall–Kier alpha value is -0.650. The molecule has 1 rings (SSSR count). The van der Waals surface area contributed by atoms with Crippen molar-refractivity contribution in [1.29, 1.82) is 0 Å². The Morgan fingerprint density at radius 2 is 2.06 bits per heavy atom. The second kappa shape index (κ2) is 8.45. The molecule has 0 radical (unpaired) electrons. The van der Waals surface area contributed by atoms with Crippen LogP contribution >= 0.6 is 23.5 Å². The summed E-state index contributed by atoms with van der Waals surface area (Å²) in [5, 5.41) is 12.1. The first-order valence-electron chi connectivity index (χ1n) is 5.78. The molecule has 0 saturated heterocycles. The van der Waals surface area contributed by atoms with Crippen molar-refractivity contribution in [2.24, 2.45) is 0 Å². The maximum Gasteiger partial charge on any atom is 0.230 e. The van der Waals surface area contributed by atoms with Crippen LogP contribution in [0.4, 0.5) is 0 Å². The molecule has 0 fully saturated rings. The minimum absolute atomic E-state index is 0.00357. The molecule has 1 amide bonds. The highest BCUT2D eigenvalue weighted by atomic mass is 32.2. The summed E-state index contributed by atoms with van der Waals surface area (Å²) in [5.41, 5.74) is 0. The summed E-state index contributed by atoms with van der Waals surface area (Å²) in [7, 11) is 0. The smallest absolute Gasteiger partial charge is 0.230 e. The molecule has 18 heavy (non-hydrogen) atoms. The average molecular weight is 285 g/mol. The number of amides is 1. The lowest BCUT2D eigenvalue weighted by molar-refractivity contribution is -0.119. The quantitative estimate of drug-likeness (QED) is 0.752. The first kappa shape index (κ1) is 15.4. The lowest BCUT2D eigenvalue weighted by Crippen LogP contribution is -2.42. The van der Waals surface area contributed by atoms with Crippen LogP contribution in [0.3, 0.4) is 0 Å². The Morgan fingerprint density at radius 1 is 1.39 bits per heavy atom. The van der Waals surface area contributed by atoms with Gasteiger partial charge in [-0.3, -0.25) is 4.79 Å². The van der Waals surface area contributed by atoms with Crippen LogP contribution in [-0.2, 0) is 4.79 Å². The van der Waals surface area contributed by atoms with Gasteiger partial charge in [0.2, 0.25) is 5.91 Å². The van der Waals surface area contributed by atoms with Crippen LogP contribution in [0.5, 0.6) is 0 Å². The molecule has 1 aromatic rings. The molecule has 2 N–H and O–H groups in total.